The van der Waals surface area contributed by atoms with Gasteiger partial charge in [0.15, 0.2) is 12.6 Å². The van der Waals surface area contributed by atoms with Crippen LogP contribution in [0, 0.1) is 52.3 Å². The second-order valence-electron chi connectivity index (χ2n) is 21.7. The van der Waals surface area contributed by atoms with Crippen LogP contribution in [0.5, 0.6) is 0 Å². The van der Waals surface area contributed by atoms with Gasteiger partial charge in [0.2, 0.25) is 0 Å². The first-order valence-corrected chi connectivity index (χ1v) is 23.7. The Bertz CT molecular complexity index is 1600. The molecule has 0 aromatic carbocycles. The molecule has 0 aromatic rings. The van der Waals surface area contributed by atoms with Crippen LogP contribution in [-0.4, -0.2) is 158 Å². The Hall–Kier alpha value is -0.860. The summed E-state index contributed by atoms with van der Waals surface area (Å²) in [5.74, 6) is 2.82. The average molecular weight is 866 g/mol. The van der Waals surface area contributed by atoms with E-state index < -0.39 is 98.4 Å². The van der Waals surface area contributed by atoms with Crippen LogP contribution in [0.25, 0.3) is 0 Å². The third-order valence-corrected chi connectivity index (χ3v) is 18.4. The van der Waals surface area contributed by atoms with Crippen LogP contribution in [0.15, 0.2) is 11.6 Å². The Morgan fingerprint density at radius 3 is 2.00 bits per heavy atom. The summed E-state index contributed by atoms with van der Waals surface area (Å²) < 4.78 is 38.0. The Morgan fingerprint density at radius 1 is 0.721 bits per heavy atom. The molecule has 26 atom stereocenters. The molecule has 5 aliphatic carbocycles. The summed E-state index contributed by atoms with van der Waals surface area (Å²) in [4.78, 5) is 0. The molecule has 15 heteroatoms. The quantitative estimate of drug-likeness (QED) is 0.165. The van der Waals surface area contributed by atoms with Gasteiger partial charge in [0.25, 0.3) is 0 Å². The highest BCUT2D eigenvalue weighted by molar-refractivity contribution is 5.27. The van der Waals surface area contributed by atoms with Crippen molar-refractivity contribution in [2.24, 2.45) is 52.3 Å². The number of aliphatic hydroxyl groups excluding tert-OH is 8. The van der Waals surface area contributed by atoms with Gasteiger partial charge in [-0.3, -0.25) is 5.32 Å². The largest absolute Gasteiger partial charge is 0.396 e. The molecule has 1 spiro atoms. The Labute approximate surface area is 360 Å². The topological polar surface area (TPSA) is 229 Å². The number of allylic oxidation sites excluding steroid dienone is 1. The molecule has 61 heavy (non-hydrogen) atoms. The molecule has 4 saturated heterocycles. The minimum absolute atomic E-state index is 0.0361. The molecule has 9 aliphatic rings. The summed E-state index contributed by atoms with van der Waals surface area (Å²) in [6.45, 7) is 13.5. The standard InChI is InChI=1S/C46H75NO14/c1-20-9-14-46(47-18-20)21(2)32-30(61-46)17-29-27-8-7-25-16-26(10-12-44(25,5)28(27)11-13-45(29,32)6)58-31-15-24(19-48)40(59-42-37(53)35(51)33(49)22(3)56-42)39(55)41(31)60-43-38(54)36(52)34(50)23(4)57-43/h7,20-24,26-43,47-55H,8-19H2,1-6H3/t20-,21+,22?,23?,24?,26?,27?,28?,29?,30?,31?,32?,33?,34?,35?,36?,37?,38?,39?,40?,41?,42?,43?,44?,45?,46-/m1/s1. The SMILES string of the molecule is CC1OC(OC2C(CO)CC(OC3CCC4(C)C(=CCC5C4CCC4(C)C5CC5O[C@]6(CC[C@@H](C)CN6)[C@@H](C)C54)C3)C(OC3OC(C)C(O)C(O)C3O)C2O)C(O)C(O)C1O. The van der Waals surface area contributed by atoms with Crippen molar-refractivity contribution >= 4 is 0 Å². The van der Waals surface area contributed by atoms with Gasteiger partial charge in [-0.15, -0.1) is 0 Å². The number of aliphatic hydroxyl groups is 8. The molecule has 348 valence electrons. The molecule has 0 bridgehead atoms. The predicted molar refractivity (Wildman–Crippen MR) is 218 cm³/mol. The van der Waals surface area contributed by atoms with Crippen LogP contribution in [0.1, 0.15) is 106 Å². The van der Waals surface area contributed by atoms with Crippen molar-refractivity contribution in [2.75, 3.05) is 13.2 Å². The lowest BCUT2D eigenvalue weighted by molar-refractivity contribution is -0.350. The zero-order chi connectivity index (χ0) is 43.5. The number of hydrogen-bond acceptors (Lipinski definition) is 15. The summed E-state index contributed by atoms with van der Waals surface area (Å²) in [6, 6.07) is 0. The number of rotatable bonds is 7. The fraction of sp³-hybridized carbons (Fsp3) is 0.957. The van der Waals surface area contributed by atoms with E-state index in [-0.39, 0.29) is 29.1 Å². The van der Waals surface area contributed by atoms with Gasteiger partial charge in [-0.05, 0) is 118 Å². The molecule has 4 saturated carbocycles. The summed E-state index contributed by atoms with van der Waals surface area (Å²) in [7, 11) is 0. The van der Waals surface area contributed by atoms with Crippen LogP contribution in [0.4, 0.5) is 0 Å². The molecule has 9 N–H and O–H groups in total. The predicted octanol–water partition coefficient (Wildman–Crippen LogP) is 1.48. The Balaban J connectivity index is 0.916. The maximum absolute atomic E-state index is 12.1. The summed E-state index contributed by atoms with van der Waals surface area (Å²) in [5.41, 5.74) is 1.53. The molecule has 8 fully saturated rings. The lowest BCUT2D eigenvalue weighted by Gasteiger charge is -2.59. The van der Waals surface area contributed by atoms with Crippen molar-refractivity contribution in [3.8, 4) is 0 Å². The molecule has 4 heterocycles. The van der Waals surface area contributed by atoms with Crippen molar-refractivity contribution in [2.45, 2.75) is 210 Å². The van der Waals surface area contributed by atoms with E-state index in [1.807, 2.05) is 0 Å². The van der Waals surface area contributed by atoms with E-state index in [0.29, 0.717) is 48.0 Å². The Kier molecular flexibility index (Phi) is 12.5. The summed E-state index contributed by atoms with van der Waals surface area (Å²) >= 11 is 0. The van der Waals surface area contributed by atoms with E-state index in [1.54, 1.807) is 6.92 Å². The summed E-state index contributed by atoms with van der Waals surface area (Å²) in [6.07, 6.45) is -6.48. The summed E-state index contributed by atoms with van der Waals surface area (Å²) in [5, 5.41) is 90.2. The van der Waals surface area contributed by atoms with Gasteiger partial charge in [0, 0.05) is 25.0 Å². The third-order valence-electron chi connectivity index (χ3n) is 18.4. The fourth-order valence-electron chi connectivity index (χ4n) is 14.7. The smallest absolute Gasteiger partial charge is 0.187 e. The highest BCUT2D eigenvalue weighted by Crippen LogP contribution is 2.70. The molecule has 4 aliphatic heterocycles. The van der Waals surface area contributed by atoms with E-state index in [9.17, 15) is 40.9 Å². The van der Waals surface area contributed by atoms with Gasteiger partial charge < -0.3 is 69.3 Å². The molecule has 0 amide bonds. The number of ether oxygens (including phenoxy) is 6. The molecular weight excluding hydrogens is 790 g/mol. The van der Waals surface area contributed by atoms with Crippen molar-refractivity contribution in [1.82, 2.24) is 5.32 Å². The van der Waals surface area contributed by atoms with Crippen molar-refractivity contribution in [1.29, 1.82) is 0 Å². The highest BCUT2D eigenvalue weighted by atomic mass is 16.7. The van der Waals surface area contributed by atoms with Gasteiger partial charge in [0.05, 0.1) is 36.6 Å². The van der Waals surface area contributed by atoms with Crippen LogP contribution < -0.4 is 5.32 Å². The van der Waals surface area contributed by atoms with Gasteiger partial charge >= 0.3 is 0 Å². The van der Waals surface area contributed by atoms with E-state index in [1.165, 1.54) is 31.8 Å². The molecule has 9 rings (SSSR count). The number of hydrogen-bond donors (Lipinski definition) is 9. The normalized spacial score (nSPS) is 58.4. The molecular formula is C46H75NO14. The first kappa shape index (κ1) is 45.3. The zero-order valence-electron chi connectivity index (χ0n) is 36.9. The van der Waals surface area contributed by atoms with Gasteiger partial charge in [-0.1, -0.05) is 39.3 Å². The second-order valence-corrected chi connectivity index (χ2v) is 21.7. The molecule has 23 unspecified atom stereocenters. The van der Waals surface area contributed by atoms with Crippen LogP contribution in [0.2, 0.25) is 0 Å². The third kappa shape index (κ3) is 7.44. The lowest BCUT2D eigenvalue weighted by Crippen LogP contribution is -2.64. The lowest BCUT2D eigenvalue weighted by atomic mass is 9.47. The number of nitrogens with one attached hydrogen (secondary N) is 1. The first-order valence-electron chi connectivity index (χ1n) is 23.7. The van der Waals surface area contributed by atoms with Crippen molar-refractivity contribution in [3.63, 3.8) is 0 Å². The van der Waals surface area contributed by atoms with Crippen LogP contribution >= 0.6 is 0 Å². The van der Waals surface area contributed by atoms with Crippen molar-refractivity contribution in [3.05, 3.63) is 11.6 Å². The second kappa shape index (κ2) is 16.8. The first-order chi connectivity index (χ1) is 28.9. The van der Waals surface area contributed by atoms with Crippen LogP contribution in [0.3, 0.4) is 0 Å². The minimum atomic E-state index is -1.65. The molecule has 0 radical (unpaired) electrons. The van der Waals surface area contributed by atoms with E-state index >= 15 is 0 Å². The average Bonchev–Trinajstić information content (AvgIpc) is 3.69. The van der Waals surface area contributed by atoms with Gasteiger partial charge in [0.1, 0.15) is 54.6 Å². The van der Waals surface area contributed by atoms with E-state index in [0.717, 1.165) is 38.6 Å². The maximum Gasteiger partial charge on any atom is 0.187 e. The highest BCUT2D eigenvalue weighted by Gasteiger charge is 2.68. The minimum Gasteiger partial charge on any atom is -0.396 e. The number of fused-ring (bicyclic) bond motifs is 7. The zero-order valence-corrected chi connectivity index (χ0v) is 36.9. The van der Waals surface area contributed by atoms with E-state index in [2.05, 4.69) is 39.1 Å². The van der Waals surface area contributed by atoms with Gasteiger partial charge in [-0.25, -0.2) is 0 Å². The molecule has 15 nitrogen and oxygen atoms in total. The maximum atomic E-state index is 12.1. The van der Waals surface area contributed by atoms with Crippen molar-refractivity contribution < 1.29 is 69.3 Å². The molecule has 0 aromatic heterocycles. The van der Waals surface area contributed by atoms with Crippen LogP contribution in [-0.2, 0) is 28.4 Å². The monoisotopic (exact) mass is 866 g/mol. The van der Waals surface area contributed by atoms with E-state index in [4.69, 9.17) is 28.4 Å². The fourth-order valence-corrected chi connectivity index (χ4v) is 14.7. The van der Waals surface area contributed by atoms with Gasteiger partial charge in [-0.2, -0.15) is 0 Å². The Morgan fingerprint density at radius 2 is 1.38 bits per heavy atom. The number of piperidine rings is 1.